The van der Waals surface area contributed by atoms with Crippen LogP contribution in [0.25, 0.3) is 0 Å². The number of carbonyl (C=O) groups is 2. The molecule has 262 valence electrons. The molecular formula is C30H66N4O8Si2. The molecule has 14 heteroatoms. The Bertz CT molecular complexity index is 717. The monoisotopic (exact) mass is 666 g/mol. The van der Waals surface area contributed by atoms with Gasteiger partial charge in [-0.15, -0.1) is 0 Å². The SMILES string of the molecule is CCO[Si](CCCNC(=O)NCC(C)COCCOCC(C)OCCC(C)NC(=O)NCCC[Si](C)(C)C)(OCC)OCC. The highest BCUT2D eigenvalue weighted by atomic mass is 28.4. The molecule has 4 N–H and O–H groups in total. The minimum absolute atomic E-state index is 0.0322. The predicted molar refractivity (Wildman–Crippen MR) is 181 cm³/mol. The van der Waals surface area contributed by atoms with Gasteiger partial charge in [0.25, 0.3) is 0 Å². The van der Waals surface area contributed by atoms with E-state index >= 15 is 0 Å². The Balaban J connectivity index is 3.82. The molecule has 44 heavy (non-hydrogen) atoms. The Hall–Kier alpha value is -1.27. The first kappa shape index (κ1) is 42.7. The van der Waals surface area contributed by atoms with Crippen molar-refractivity contribution in [2.75, 3.05) is 72.5 Å². The van der Waals surface area contributed by atoms with Crippen molar-refractivity contribution >= 4 is 28.9 Å². The first-order valence-corrected chi connectivity index (χ1v) is 22.2. The van der Waals surface area contributed by atoms with Gasteiger partial charge < -0.3 is 48.8 Å². The summed E-state index contributed by atoms with van der Waals surface area (Å²) in [5.74, 6) is 0.166. The molecule has 0 aromatic heterocycles. The molecule has 0 saturated heterocycles. The molecule has 0 radical (unpaired) electrons. The second kappa shape index (κ2) is 25.9. The molecule has 3 atom stereocenters. The highest BCUT2D eigenvalue weighted by molar-refractivity contribution is 6.76. The maximum atomic E-state index is 12.2. The first-order valence-electron chi connectivity index (χ1n) is 16.6. The van der Waals surface area contributed by atoms with Gasteiger partial charge in [0, 0.05) is 66.2 Å². The normalized spacial score (nSPS) is 14.1. The van der Waals surface area contributed by atoms with Crippen LogP contribution >= 0.6 is 0 Å². The van der Waals surface area contributed by atoms with Crippen molar-refractivity contribution < 1.29 is 37.1 Å². The third kappa shape index (κ3) is 25.0. The Morgan fingerprint density at radius 3 is 1.82 bits per heavy atom. The maximum Gasteiger partial charge on any atom is 0.500 e. The molecule has 0 bridgehead atoms. The summed E-state index contributed by atoms with van der Waals surface area (Å²) < 4.78 is 34.7. The van der Waals surface area contributed by atoms with Crippen LogP contribution in [-0.4, -0.2) is 114 Å². The summed E-state index contributed by atoms with van der Waals surface area (Å²) in [7, 11) is -3.74. The number of amides is 4. The van der Waals surface area contributed by atoms with E-state index in [1.54, 1.807) is 0 Å². The summed E-state index contributed by atoms with van der Waals surface area (Å²) in [5.41, 5.74) is 0. The Morgan fingerprint density at radius 1 is 0.705 bits per heavy atom. The number of rotatable bonds is 28. The summed E-state index contributed by atoms with van der Waals surface area (Å²) in [6.07, 6.45) is 2.44. The second-order valence-electron chi connectivity index (χ2n) is 12.4. The van der Waals surface area contributed by atoms with Crippen molar-refractivity contribution in [2.45, 2.75) is 105 Å². The van der Waals surface area contributed by atoms with Crippen LogP contribution in [0, 0.1) is 5.92 Å². The Kier molecular flexibility index (Phi) is 25.1. The predicted octanol–water partition coefficient (Wildman–Crippen LogP) is 4.60. The van der Waals surface area contributed by atoms with Crippen molar-refractivity contribution in [2.24, 2.45) is 5.92 Å². The minimum atomic E-state index is -2.68. The van der Waals surface area contributed by atoms with Crippen molar-refractivity contribution in [1.29, 1.82) is 0 Å². The van der Waals surface area contributed by atoms with Crippen LogP contribution in [0.5, 0.6) is 0 Å². The Labute approximate surface area is 270 Å². The van der Waals surface area contributed by atoms with Gasteiger partial charge in [-0.2, -0.15) is 0 Å². The number of nitrogens with one attached hydrogen (secondary N) is 4. The standard InChI is InChI=1S/C30H66N4O8Si2/c1-10-40-44(41-11-2,42-12-3)22-14-17-31-29(35)33-23-26(4)24-37-19-20-38-25-28(6)39-18-15-27(5)34-30(36)32-16-13-21-43(7,8)9/h26-28H,10-25H2,1-9H3,(H2,31,33,35)(H2,32,34,36). The summed E-state index contributed by atoms with van der Waals surface area (Å²) in [5, 5.41) is 11.7. The average Bonchev–Trinajstić information content (AvgIpc) is 2.94. The van der Waals surface area contributed by atoms with Gasteiger partial charge in [0.2, 0.25) is 0 Å². The maximum absolute atomic E-state index is 12.2. The molecule has 0 aliphatic carbocycles. The molecule has 0 aromatic carbocycles. The molecule has 0 aliphatic rings. The summed E-state index contributed by atoms with van der Waals surface area (Å²) in [6.45, 7) is 24.7. The van der Waals surface area contributed by atoms with Crippen LogP contribution in [0.2, 0.25) is 31.7 Å². The van der Waals surface area contributed by atoms with Gasteiger partial charge >= 0.3 is 20.9 Å². The third-order valence-electron chi connectivity index (χ3n) is 6.50. The van der Waals surface area contributed by atoms with E-state index in [1.807, 2.05) is 41.5 Å². The molecule has 0 heterocycles. The number of hydrogen-bond donors (Lipinski definition) is 4. The van der Waals surface area contributed by atoms with Gasteiger partial charge in [-0.3, -0.25) is 0 Å². The van der Waals surface area contributed by atoms with Gasteiger partial charge in [-0.1, -0.05) is 32.6 Å². The van der Waals surface area contributed by atoms with E-state index in [0.717, 1.165) is 19.3 Å². The van der Waals surface area contributed by atoms with Gasteiger partial charge in [0.05, 0.1) is 32.5 Å². The average molecular weight is 667 g/mol. The van der Waals surface area contributed by atoms with Crippen molar-refractivity contribution in [1.82, 2.24) is 21.3 Å². The number of urea groups is 2. The number of carbonyl (C=O) groups excluding carboxylic acids is 2. The smallest absolute Gasteiger partial charge is 0.379 e. The van der Waals surface area contributed by atoms with E-state index in [9.17, 15) is 9.59 Å². The van der Waals surface area contributed by atoms with E-state index in [-0.39, 0.29) is 30.1 Å². The van der Waals surface area contributed by atoms with Crippen LogP contribution in [0.3, 0.4) is 0 Å². The fraction of sp³-hybridized carbons (Fsp3) is 0.933. The van der Waals surface area contributed by atoms with E-state index in [4.69, 9.17) is 27.5 Å². The first-order chi connectivity index (χ1) is 20.9. The van der Waals surface area contributed by atoms with Crippen LogP contribution in [0.15, 0.2) is 0 Å². The fourth-order valence-corrected chi connectivity index (χ4v) is 8.06. The number of ether oxygens (including phenoxy) is 3. The van der Waals surface area contributed by atoms with Gasteiger partial charge in [-0.05, 0) is 59.8 Å². The molecule has 0 rings (SSSR count). The molecular weight excluding hydrogens is 601 g/mol. The highest BCUT2D eigenvalue weighted by Gasteiger charge is 2.39. The summed E-state index contributed by atoms with van der Waals surface area (Å²) in [4.78, 5) is 24.2. The molecule has 0 saturated carbocycles. The van der Waals surface area contributed by atoms with E-state index < -0.39 is 16.9 Å². The molecule has 3 unspecified atom stereocenters. The van der Waals surface area contributed by atoms with Crippen molar-refractivity contribution in [3.63, 3.8) is 0 Å². The lowest BCUT2D eigenvalue weighted by Gasteiger charge is -2.28. The van der Waals surface area contributed by atoms with Crippen LogP contribution in [0.4, 0.5) is 9.59 Å². The molecule has 12 nitrogen and oxygen atoms in total. The summed E-state index contributed by atoms with van der Waals surface area (Å²) >= 11 is 0. The largest absolute Gasteiger partial charge is 0.500 e. The zero-order chi connectivity index (χ0) is 33.3. The van der Waals surface area contributed by atoms with Gasteiger partial charge in [0.15, 0.2) is 0 Å². The van der Waals surface area contributed by atoms with Gasteiger partial charge in [0.1, 0.15) is 0 Å². The van der Waals surface area contributed by atoms with Gasteiger partial charge in [-0.25, -0.2) is 9.59 Å². The topological polar surface area (TPSA) is 138 Å². The van der Waals surface area contributed by atoms with Crippen LogP contribution < -0.4 is 21.3 Å². The molecule has 0 spiro atoms. The fourth-order valence-electron chi connectivity index (χ4n) is 4.21. The quantitative estimate of drug-likeness (QED) is 0.0703. The minimum Gasteiger partial charge on any atom is -0.379 e. The lowest BCUT2D eigenvalue weighted by molar-refractivity contribution is -0.0273. The zero-order valence-electron chi connectivity index (χ0n) is 29.3. The molecule has 0 fully saturated rings. The van der Waals surface area contributed by atoms with Crippen LogP contribution in [0.1, 0.15) is 60.8 Å². The summed E-state index contributed by atoms with van der Waals surface area (Å²) in [6, 6.07) is 1.59. The van der Waals surface area contributed by atoms with Crippen LogP contribution in [-0.2, 0) is 27.5 Å². The molecule has 0 aromatic rings. The molecule has 4 amide bonds. The highest BCUT2D eigenvalue weighted by Crippen LogP contribution is 2.17. The second-order valence-corrected chi connectivity index (χ2v) is 20.8. The lowest BCUT2D eigenvalue weighted by Crippen LogP contribution is -2.46. The van der Waals surface area contributed by atoms with E-state index in [2.05, 4.69) is 40.9 Å². The number of hydrogen-bond acceptors (Lipinski definition) is 8. The third-order valence-corrected chi connectivity index (χ3v) is 11.5. The molecule has 0 aliphatic heterocycles. The van der Waals surface area contributed by atoms with E-state index in [1.165, 1.54) is 6.04 Å². The van der Waals surface area contributed by atoms with Crippen molar-refractivity contribution in [3.8, 4) is 0 Å². The lowest BCUT2D eigenvalue weighted by atomic mass is 10.2. The Morgan fingerprint density at radius 2 is 1.25 bits per heavy atom. The van der Waals surface area contributed by atoms with E-state index in [0.29, 0.717) is 78.5 Å². The van der Waals surface area contributed by atoms with Crippen molar-refractivity contribution in [3.05, 3.63) is 0 Å². The zero-order valence-corrected chi connectivity index (χ0v) is 31.3.